The van der Waals surface area contributed by atoms with E-state index in [0.717, 1.165) is 91.3 Å². The van der Waals surface area contributed by atoms with E-state index in [9.17, 15) is 9.59 Å². The number of hydrogen-bond donors (Lipinski definition) is 1. The smallest absolute Gasteiger partial charge is 0.254 e. The minimum Gasteiger partial charge on any atom is -0.454 e. The Bertz CT molecular complexity index is 1490. The summed E-state index contributed by atoms with van der Waals surface area (Å²) in [6, 6.07) is 14.4. The van der Waals surface area contributed by atoms with Gasteiger partial charge >= 0.3 is 0 Å². The number of pyridine rings is 1. The van der Waals surface area contributed by atoms with Gasteiger partial charge in [-0.3, -0.25) is 9.59 Å². The van der Waals surface area contributed by atoms with Crippen molar-refractivity contribution in [2.24, 2.45) is 0 Å². The maximum atomic E-state index is 14.4. The van der Waals surface area contributed by atoms with Gasteiger partial charge in [-0.2, -0.15) is 0 Å². The highest BCUT2D eigenvalue weighted by Crippen LogP contribution is 2.37. The van der Waals surface area contributed by atoms with Crippen molar-refractivity contribution in [3.63, 3.8) is 0 Å². The van der Waals surface area contributed by atoms with Crippen LogP contribution >= 0.6 is 0 Å². The molecule has 3 saturated heterocycles. The molecule has 0 bridgehead atoms. The van der Waals surface area contributed by atoms with E-state index in [1.54, 1.807) is 6.92 Å². The maximum Gasteiger partial charge on any atom is 0.254 e. The molecule has 9 nitrogen and oxygen atoms in total. The second-order valence-electron chi connectivity index (χ2n) is 11.8. The number of amides is 2. The Morgan fingerprint density at radius 3 is 2.59 bits per heavy atom. The first kappa shape index (κ1) is 26.1. The molecular weight excluding hydrogens is 518 g/mol. The predicted octanol–water partition coefficient (Wildman–Crippen LogP) is 4.05. The fourth-order valence-corrected chi connectivity index (χ4v) is 6.89. The molecule has 5 heterocycles. The molecule has 4 aliphatic rings. The van der Waals surface area contributed by atoms with Crippen LogP contribution in [0.4, 0.5) is 5.82 Å². The molecule has 0 unspecified atom stereocenters. The van der Waals surface area contributed by atoms with Gasteiger partial charge in [0, 0.05) is 50.6 Å². The summed E-state index contributed by atoms with van der Waals surface area (Å²) in [6.45, 7) is 7.25. The van der Waals surface area contributed by atoms with E-state index in [2.05, 4.69) is 32.1 Å². The van der Waals surface area contributed by atoms with Crippen LogP contribution in [0.5, 0.6) is 11.5 Å². The van der Waals surface area contributed by atoms with E-state index in [1.807, 2.05) is 30.3 Å². The van der Waals surface area contributed by atoms with Gasteiger partial charge in [0.2, 0.25) is 12.7 Å². The van der Waals surface area contributed by atoms with E-state index >= 15 is 0 Å². The standard InChI is InChI=1S/C32H37N5O4/c1-21(38)33-24-10-14-36(18-24)31-17-27(32(39)37-13-4-5-25(37)19-35-11-2-3-12-35)26-15-22(6-8-28(26)34-31)23-7-9-29-30(16-23)41-20-40-29/h6-9,15-17,24-25H,2-5,10-14,18-20H2,1H3,(H,33,38)/t24-,25-/m0/s1. The number of fused-ring (bicyclic) bond motifs is 2. The number of carbonyl (C=O) groups is 2. The average Bonchev–Trinajstić information content (AvgIpc) is 3.80. The van der Waals surface area contributed by atoms with Crippen LogP contribution in [0.1, 0.15) is 49.4 Å². The highest BCUT2D eigenvalue weighted by molar-refractivity contribution is 6.08. The number of carbonyl (C=O) groups excluding carboxylic acids is 2. The molecule has 0 radical (unpaired) electrons. The van der Waals surface area contributed by atoms with Gasteiger partial charge in [-0.15, -0.1) is 0 Å². The Hall–Kier alpha value is -3.85. The number of rotatable bonds is 6. The molecule has 4 aliphatic heterocycles. The lowest BCUT2D eigenvalue weighted by Gasteiger charge is -2.29. The summed E-state index contributed by atoms with van der Waals surface area (Å²) in [5.74, 6) is 2.34. The van der Waals surface area contributed by atoms with Gasteiger partial charge in [-0.05, 0) is 86.7 Å². The number of nitrogens with zero attached hydrogens (tertiary/aromatic N) is 4. The molecule has 3 aromatic rings. The molecule has 2 aromatic carbocycles. The van der Waals surface area contributed by atoms with Crippen molar-refractivity contribution in [2.45, 2.75) is 51.1 Å². The molecule has 2 atom stereocenters. The number of benzene rings is 2. The normalized spacial score (nSPS) is 22.2. The Kier molecular flexibility index (Phi) is 6.90. The van der Waals surface area contributed by atoms with Gasteiger partial charge < -0.3 is 29.5 Å². The van der Waals surface area contributed by atoms with E-state index in [1.165, 1.54) is 12.8 Å². The van der Waals surface area contributed by atoms with Crippen LogP contribution in [-0.4, -0.2) is 84.7 Å². The monoisotopic (exact) mass is 555 g/mol. The Balaban J connectivity index is 1.26. The highest BCUT2D eigenvalue weighted by atomic mass is 16.7. The fraction of sp³-hybridized carbons (Fsp3) is 0.469. The molecule has 2 amide bonds. The SMILES string of the molecule is CC(=O)N[C@H]1CCN(c2cc(C(=O)N3CCC[C@H]3CN3CCCC3)c3cc(-c4ccc5c(c4)OCO5)ccc3n2)C1. The zero-order valence-electron chi connectivity index (χ0n) is 23.6. The van der Waals surface area contributed by atoms with Gasteiger partial charge in [-0.25, -0.2) is 4.98 Å². The van der Waals surface area contributed by atoms with Gasteiger partial charge in [0.1, 0.15) is 5.82 Å². The molecule has 7 rings (SSSR count). The molecule has 214 valence electrons. The second-order valence-corrected chi connectivity index (χ2v) is 11.8. The first-order chi connectivity index (χ1) is 20.0. The summed E-state index contributed by atoms with van der Waals surface area (Å²) in [5.41, 5.74) is 3.50. The number of anilines is 1. The van der Waals surface area contributed by atoms with Crippen molar-refractivity contribution < 1.29 is 19.1 Å². The summed E-state index contributed by atoms with van der Waals surface area (Å²) in [6.07, 6.45) is 5.43. The summed E-state index contributed by atoms with van der Waals surface area (Å²) in [4.78, 5) is 37.9. The largest absolute Gasteiger partial charge is 0.454 e. The van der Waals surface area contributed by atoms with Gasteiger partial charge in [-0.1, -0.05) is 12.1 Å². The van der Waals surface area contributed by atoms with E-state index in [-0.39, 0.29) is 30.7 Å². The average molecular weight is 556 g/mol. The first-order valence-electron chi connectivity index (χ1n) is 14.9. The van der Waals surface area contributed by atoms with Crippen LogP contribution in [0.15, 0.2) is 42.5 Å². The molecule has 1 N–H and O–H groups in total. The maximum absolute atomic E-state index is 14.4. The van der Waals surface area contributed by atoms with Crippen molar-refractivity contribution in [2.75, 3.05) is 51.0 Å². The lowest BCUT2D eigenvalue weighted by molar-refractivity contribution is -0.119. The van der Waals surface area contributed by atoms with Crippen molar-refractivity contribution >= 4 is 28.5 Å². The van der Waals surface area contributed by atoms with Crippen LogP contribution in [0, 0.1) is 0 Å². The summed E-state index contributed by atoms with van der Waals surface area (Å²) in [5, 5.41) is 3.90. The van der Waals surface area contributed by atoms with Crippen molar-refractivity contribution in [1.82, 2.24) is 20.1 Å². The molecule has 3 fully saturated rings. The zero-order valence-corrected chi connectivity index (χ0v) is 23.6. The summed E-state index contributed by atoms with van der Waals surface area (Å²) in [7, 11) is 0. The third-order valence-corrected chi connectivity index (χ3v) is 8.96. The van der Waals surface area contributed by atoms with E-state index < -0.39 is 0 Å². The summed E-state index contributed by atoms with van der Waals surface area (Å²) < 4.78 is 11.1. The molecule has 41 heavy (non-hydrogen) atoms. The van der Waals surface area contributed by atoms with Crippen LogP contribution in [0.25, 0.3) is 22.0 Å². The molecule has 0 aliphatic carbocycles. The molecule has 9 heteroatoms. The van der Waals surface area contributed by atoms with E-state index in [0.29, 0.717) is 12.1 Å². The zero-order chi connectivity index (χ0) is 27.9. The van der Waals surface area contributed by atoms with Crippen molar-refractivity contribution in [3.8, 4) is 22.6 Å². The van der Waals surface area contributed by atoms with Crippen LogP contribution < -0.4 is 19.7 Å². The topological polar surface area (TPSA) is 87.2 Å². The number of hydrogen-bond acceptors (Lipinski definition) is 7. The Morgan fingerprint density at radius 2 is 1.73 bits per heavy atom. The lowest BCUT2D eigenvalue weighted by atomic mass is 9.99. The van der Waals surface area contributed by atoms with Gasteiger partial charge in [0.05, 0.1) is 11.1 Å². The predicted molar refractivity (Wildman–Crippen MR) is 157 cm³/mol. The van der Waals surface area contributed by atoms with Crippen LogP contribution in [0.3, 0.4) is 0 Å². The number of likely N-dealkylation sites (tertiary alicyclic amines) is 2. The number of nitrogens with one attached hydrogen (secondary N) is 1. The Labute approximate surface area is 240 Å². The third kappa shape index (κ3) is 5.19. The van der Waals surface area contributed by atoms with Crippen LogP contribution in [0.2, 0.25) is 0 Å². The number of aromatic nitrogens is 1. The third-order valence-electron chi connectivity index (χ3n) is 8.96. The van der Waals surface area contributed by atoms with Crippen LogP contribution in [-0.2, 0) is 4.79 Å². The fourth-order valence-electron chi connectivity index (χ4n) is 6.89. The minimum absolute atomic E-state index is 0.0201. The molecular formula is C32H37N5O4. The van der Waals surface area contributed by atoms with Gasteiger partial charge in [0.15, 0.2) is 11.5 Å². The summed E-state index contributed by atoms with van der Waals surface area (Å²) >= 11 is 0. The molecule has 0 saturated carbocycles. The first-order valence-corrected chi connectivity index (χ1v) is 14.9. The Morgan fingerprint density at radius 1 is 0.927 bits per heavy atom. The van der Waals surface area contributed by atoms with Crippen molar-refractivity contribution in [3.05, 3.63) is 48.0 Å². The van der Waals surface area contributed by atoms with Gasteiger partial charge in [0.25, 0.3) is 5.91 Å². The lowest BCUT2D eigenvalue weighted by Crippen LogP contribution is -2.42. The molecule has 0 spiro atoms. The minimum atomic E-state index is -0.0201. The van der Waals surface area contributed by atoms with Crippen molar-refractivity contribution in [1.29, 1.82) is 0 Å². The highest BCUT2D eigenvalue weighted by Gasteiger charge is 2.33. The number of ether oxygens (including phenoxy) is 2. The quantitative estimate of drug-likeness (QED) is 0.491. The molecule has 1 aromatic heterocycles. The van der Waals surface area contributed by atoms with E-state index in [4.69, 9.17) is 14.5 Å². The second kappa shape index (κ2) is 10.9.